The quantitative estimate of drug-likeness (QED) is 0.478. The summed E-state index contributed by atoms with van der Waals surface area (Å²) in [7, 11) is 0. The van der Waals surface area contributed by atoms with Gasteiger partial charge in [0, 0.05) is 11.8 Å². The predicted octanol–water partition coefficient (Wildman–Crippen LogP) is 5.20. The number of benzene rings is 3. The number of anilines is 1. The van der Waals surface area contributed by atoms with E-state index in [0.29, 0.717) is 27.6 Å². The number of ether oxygens (including phenoxy) is 1. The molecule has 0 atom stereocenters. The number of aryl methyl sites for hydroxylation is 4. The maximum atomic E-state index is 12.8. The van der Waals surface area contributed by atoms with Gasteiger partial charge in [-0.2, -0.15) is 0 Å². The number of carbonyl (C=O) groups excluding carboxylic acids is 1. The zero-order valence-electron chi connectivity index (χ0n) is 17.5. The molecular formula is C25H23NO4. The van der Waals surface area contributed by atoms with Crippen molar-refractivity contribution in [1.29, 1.82) is 0 Å². The molecule has 5 nitrogen and oxygen atoms in total. The van der Waals surface area contributed by atoms with Gasteiger partial charge in [-0.25, -0.2) is 0 Å². The molecule has 5 heteroatoms. The Bertz CT molecular complexity index is 1330. The molecule has 0 saturated carbocycles. The predicted molar refractivity (Wildman–Crippen MR) is 120 cm³/mol. The van der Waals surface area contributed by atoms with Crippen LogP contribution in [0.4, 0.5) is 5.69 Å². The fourth-order valence-corrected chi connectivity index (χ4v) is 3.82. The first-order chi connectivity index (χ1) is 14.3. The first-order valence-corrected chi connectivity index (χ1v) is 9.80. The van der Waals surface area contributed by atoms with E-state index in [9.17, 15) is 9.59 Å². The molecule has 3 aromatic carbocycles. The van der Waals surface area contributed by atoms with Gasteiger partial charge in [0.05, 0.1) is 10.8 Å². The van der Waals surface area contributed by atoms with Crippen molar-refractivity contribution in [2.75, 3.05) is 11.9 Å². The SMILES string of the molecule is Cc1cc(C)c(OCC(=O)Nc2ccc3c(=O)c4cccc(C)c4oc3c2)c(C)c1. The second kappa shape index (κ2) is 7.67. The molecule has 0 aliphatic heterocycles. The highest BCUT2D eigenvalue weighted by molar-refractivity contribution is 5.96. The van der Waals surface area contributed by atoms with Gasteiger partial charge < -0.3 is 14.5 Å². The molecule has 0 spiro atoms. The number of carbonyl (C=O) groups is 1. The van der Waals surface area contributed by atoms with Gasteiger partial charge >= 0.3 is 0 Å². The summed E-state index contributed by atoms with van der Waals surface area (Å²) in [5, 5.41) is 3.84. The lowest BCUT2D eigenvalue weighted by Gasteiger charge is -2.13. The summed E-state index contributed by atoms with van der Waals surface area (Å²) in [5.74, 6) is 0.440. The number of rotatable bonds is 4. The molecule has 30 heavy (non-hydrogen) atoms. The molecule has 1 N–H and O–H groups in total. The fraction of sp³-hybridized carbons (Fsp3) is 0.200. The third kappa shape index (κ3) is 3.66. The van der Waals surface area contributed by atoms with E-state index < -0.39 is 0 Å². The van der Waals surface area contributed by atoms with Gasteiger partial charge in [0.2, 0.25) is 5.43 Å². The summed E-state index contributed by atoms with van der Waals surface area (Å²) < 4.78 is 11.7. The molecule has 0 aliphatic rings. The van der Waals surface area contributed by atoms with E-state index >= 15 is 0 Å². The third-order valence-corrected chi connectivity index (χ3v) is 5.13. The normalized spacial score (nSPS) is 11.1. The summed E-state index contributed by atoms with van der Waals surface area (Å²) in [6.45, 7) is 7.74. The first-order valence-electron chi connectivity index (χ1n) is 9.80. The molecule has 1 amide bonds. The van der Waals surface area contributed by atoms with Crippen molar-refractivity contribution in [1.82, 2.24) is 0 Å². The van der Waals surface area contributed by atoms with Crippen molar-refractivity contribution in [3.63, 3.8) is 0 Å². The van der Waals surface area contributed by atoms with Gasteiger partial charge in [-0.15, -0.1) is 0 Å². The van der Waals surface area contributed by atoms with E-state index in [-0.39, 0.29) is 17.9 Å². The lowest BCUT2D eigenvalue weighted by Crippen LogP contribution is -2.20. The summed E-state index contributed by atoms with van der Waals surface area (Å²) >= 11 is 0. The molecule has 0 saturated heterocycles. The van der Waals surface area contributed by atoms with Crippen LogP contribution in [0.15, 0.2) is 57.7 Å². The van der Waals surface area contributed by atoms with Crippen LogP contribution in [0.2, 0.25) is 0 Å². The van der Waals surface area contributed by atoms with Gasteiger partial charge in [0.15, 0.2) is 6.61 Å². The van der Waals surface area contributed by atoms with Crippen molar-refractivity contribution in [2.45, 2.75) is 27.7 Å². The van der Waals surface area contributed by atoms with Gasteiger partial charge in [0.25, 0.3) is 5.91 Å². The highest BCUT2D eigenvalue weighted by Crippen LogP contribution is 2.25. The van der Waals surface area contributed by atoms with E-state index in [1.807, 2.05) is 52.0 Å². The van der Waals surface area contributed by atoms with Gasteiger partial charge in [0.1, 0.15) is 16.9 Å². The Morgan fingerprint density at radius 2 is 1.67 bits per heavy atom. The Balaban J connectivity index is 1.57. The summed E-state index contributed by atoms with van der Waals surface area (Å²) in [6.07, 6.45) is 0. The minimum absolute atomic E-state index is 0.0820. The van der Waals surface area contributed by atoms with E-state index in [2.05, 4.69) is 5.32 Å². The Kier molecular flexibility index (Phi) is 5.04. The first kappa shape index (κ1) is 19.7. The van der Waals surface area contributed by atoms with Gasteiger partial charge in [-0.3, -0.25) is 9.59 Å². The summed E-state index contributed by atoms with van der Waals surface area (Å²) in [4.78, 5) is 25.2. The second-order valence-corrected chi connectivity index (χ2v) is 7.66. The Morgan fingerprint density at radius 3 is 2.40 bits per heavy atom. The van der Waals surface area contributed by atoms with Crippen LogP contribution in [0.3, 0.4) is 0 Å². The third-order valence-electron chi connectivity index (χ3n) is 5.13. The number of amides is 1. The number of para-hydroxylation sites is 1. The highest BCUT2D eigenvalue weighted by Gasteiger charge is 2.12. The van der Waals surface area contributed by atoms with Gasteiger partial charge in [-0.05, 0) is 62.6 Å². The molecule has 1 aromatic heterocycles. The Labute approximate surface area is 174 Å². The van der Waals surface area contributed by atoms with Crippen LogP contribution >= 0.6 is 0 Å². The lowest BCUT2D eigenvalue weighted by atomic mass is 10.1. The standard InChI is InChI=1S/C25H23NO4/c1-14-10-16(3)24(17(4)11-14)29-13-22(27)26-18-8-9-19-21(12-18)30-25-15(2)6-5-7-20(25)23(19)28/h5-12H,13H2,1-4H3,(H,26,27). The Hall–Kier alpha value is -3.60. The highest BCUT2D eigenvalue weighted by atomic mass is 16.5. The van der Waals surface area contributed by atoms with E-state index in [0.717, 1.165) is 28.0 Å². The van der Waals surface area contributed by atoms with E-state index in [1.54, 1.807) is 24.3 Å². The van der Waals surface area contributed by atoms with E-state index in [4.69, 9.17) is 9.15 Å². The second-order valence-electron chi connectivity index (χ2n) is 7.66. The zero-order chi connectivity index (χ0) is 21.4. The van der Waals surface area contributed by atoms with Crippen molar-refractivity contribution in [3.05, 3.63) is 81.0 Å². The van der Waals surface area contributed by atoms with Crippen molar-refractivity contribution >= 4 is 33.5 Å². The molecule has 0 bridgehead atoms. The molecule has 1 heterocycles. The lowest BCUT2D eigenvalue weighted by molar-refractivity contribution is -0.118. The van der Waals surface area contributed by atoms with Crippen LogP contribution in [-0.4, -0.2) is 12.5 Å². The molecule has 4 aromatic rings. The molecule has 0 fully saturated rings. The van der Waals surface area contributed by atoms with Crippen molar-refractivity contribution < 1.29 is 13.9 Å². The number of hydrogen-bond acceptors (Lipinski definition) is 4. The summed E-state index contributed by atoms with van der Waals surface area (Å²) in [5.41, 5.74) is 5.49. The number of nitrogens with one attached hydrogen (secondary N) is 1. The minimum Gasteiger partial charge on any atom is -0.483 e. The average molecular weight is 401 g/mol. The maximum Gasteiger partial charge on any atom is 0.262 e. The molecule has 0 unspecified atom stereocenters. The van der Waals surface area contributed by atoms with Crippen LogP contribution in [0.5, 0.6) is 5.75 Å². The molecular weight excluding hydrogens is 378 g/mol. The molecule has 0 aliphatic carbocycles. The van der Waals surface area contributed by atoms with Crippen molar-refractivity contribution in [3.8, 4) is 5.75 Å². The minimum atomic E-state index is -0.284. The topological polar surface area (TPSA) is 68.5 Å². The van der Waals surface area contributed by atoms with Crippen LogP contribution in [0.25, 0.3) is 21.9 Å². The largest absolute Gasteiger partial charge is 0.483 e. The van der Waals surface area contributed by atoms with E-state index in [1.165, 1.54) is 0 Å². The van der Waals surface area contributed by atoms with Gasteiger partial charge in [-0.1, -0.05) is 29.8 Å². The average Bonchev–Trinajstić information content (AvgIpc) is 2.68. The molecule has 4 rings (SSSR count). The number of fused-ring (bicyclic) bond motifs is 2. The fourth-order valence-electron chi connectivity index (χ4n) is 3.82. The monoisotopic (exact) mass is 401 g/mol. The van der Waals surface area contributed by atoms with Crippen LogP contribution in [0, 0.1) is 27.7 Å². The van der Waals surface area contributed by atoms with Crippen LogP contribution < -0.4 is 15.5 Å². The zero-order valence-corrected chi connectivity index (χ0v) is 17.5. The summed E-state index contributed by atoms with van der Waals surface area (Å²) in [6, 6.07) is 14.6. The molecule has 152 valence electrons. The maximum absolute atomic E-state index is 12.8. The smallest absolute Gasteiger partial charge is 0.262 e. The van der Waals surface area contributed by atoms with Crippen molar-refractivity contribution in [2.24, 2.45) is 0 Å². The number of hydrogen-bond donors (Lipinski definition) is 1. The van der Waals surface area contributed by atoms with Crippen LogP contribution in [-0.2, 0) is 4.79 Å². The Morgan fingerprint density at radius 1 is 0.933 bits per heavy atom. The van der Waals surface area contributed by atoms with Crippen LogP contribution in [0.1, 0.15) is 22.3 Å². The molecule has 0 radical (unpaired) electrons.